The first-order valence-electron chi connectivity index (χ1n) is 3.07. The molecule has 0 radical (unpaired) electrons. The largest absolute Gasteiger partial charge is 0.768 e. The van der Waals surface area contributed by atoms with E-state index in [-0.39, 0.29) is 9.37 Å². The van der Waals surface area contributed by atoms with Crippen LogP contribution in [0.3, 0.4) is 0 Å². The third-order valence-corrected chi connectivity index (χ3v) is 2.80. The zero-order chi connectivity index (χ0) is 9.30. The predicted octanol–water partition coefficient (Wildman–Crippen LogP) is 2.13. The van der Waals surface area contributed by atoms with E-state index in [4.69, 9.17) is 0 Å². The Hall–Kier alpha value is -0.260. The second-order valence-electron chi connectivity index (χ2n) is 2.27. The van der Waals surface area contributed by atoms with Gasteiger partial charge in [-0.3, -0.25) is 4.21 Å². The van der Waals surface area contributed by atoms with Gasteiger partial charge in [-0.05, 0) is 51.6 Å². The topological polar surface area (TPSA) is 40.1 Å². The summed E-state index contributed by atoms with van der Waals surface area (Å²) >= 11 is 0.594. The summed E-state index contributed by atoms with van der Waals surface area (Å²) in [6, 6.07) is 2.42. The molecule has 2 nitrogen and oxygen atoms in total. The Bertz CT molecular complexity index is 340. The zero-order valence-electron chi connectivity index (χ0n) is 6.14. The number of hydrogen-bond donors (Lipinski definition) is 0. The molecule has 0 heterocycles. The molecule has 1 rings (SSSR count). The highest BCUT2D eigenvalue weighted by Gasteiger charge is 2.04. The number of halogens is 2. The summed E-state index contributed by atoms with van der Waals surface area (Å²) in [6.45, 7) is 1.54. The quantitative estimate of drug-likeness (QED) is 0.718. The molecule has 0 N–H and O–H groups in total. The summed E-state index contributed by atoms with van der Waals surface area (Å²) in [5.74, 6) is -0.457. The summed E-state index contributed by atoms with van der Waals surface area (Å²) in [6.07, 6.45) is 0. The summed E-state index contributed by atoms with van der Waals surface area (Å²) in [5, 5.41) is 0. The number of benzene rings is 1. The first-order valence-corrected chi connectivity index (χ1v) is 4.94. The Morgan fingerprint density at radius 2 is 2.17 bits per heavy atom. The van der Waals surface area contributed by atoms with Crippen molar-refractivity contribution < 1.29 is 13.2 Å². The van der Waals surface area contributed by atoms with E-state index in [2.05, 4.69) is 15.9 Å². The fraction of sp³-hybridized carbons (Fsp3) is 0.143. The van der Waals surface area contributed by atoms with Gasteiger partial charge in [-0.25, -0.2) is 4.39 Å². The van der Waals surface area contributed by atoms with Gasteiger partial charge in [-0.15, -0.1) is 0 Å². The Morgan fingerprint density at radius 1 is 1.58 bits per heavy atom. The standard InChI is InChI=1S/C7H6BrFO2S/c1-4-2-6(9)5(8)3-7(4)12(10)11/h2-3H,1H3,(H,10,11)/p-1. The van der Waals surface area contributed by atoms with Gasteiger partial charge in [0.1, 0.15) is 5.82 Å². The van der Waals surface area contributed by atoms with Crippen LogP contribution in [0.5, 0.6) is 0 Å². The third kappa shape index (κ3) is 1.91. The molecule has 0 aliphatic heterocycles. The lowest BCUT2D eigenvalue weighted by Gasteiger charge is -2.09. The maximum Gasteiger partial charge on any atom is 0.137 e. The van der Waals surface area contributed by atoms with Crippen molar-refractivity contribution in [3.8, 4) is 0 Å². The minimum atomic E-state index is -2.31. The Labute approximate surface area is 80.2 Å². The maximum absolute atomic E-state index is 12.8. The van der Waals surface area contributed by atoms with Gasteiger partial charge in [0.05, 0.1) is 4.47 Å². The average Bonchev–Trinajstić information content (AvgIpc) is 1.96. The number of rotatable bonds is 1. The molecule has 5 heteroatoms. The molecule has 0 aliphatic rings. The molecule has 0 saturated heterocycles. The molecule has 1 atom stereocenters. The van der Waals surface area contributed by atoms with Gasteiger partial charge in [0.2, 0.25) is 0 Å². The van der Waals surface area contributed by atoms with Crippen LogP contribution in [0.4, 0.5) is 4.39 Å². The zero-order valence-corrected chi connectivity index (χ0v) is 8.54. The fourth-order valence-electron chi connectivity index (χ4n) is 0.808. The molecule has 12 heavy (non-hydrogen) atoms. The minimum absolute atomic E-state index is 0.114. The van der Waals surface area contributed by atoms with E-state index in [1.54, 1.807) is 6.92 Å². The molecule has 1 aromatic carbocycles. The highest BCUT2D eigenvalue weighted by Crippen LogP contribution is 2.21. The van der Waals surface area contributed by atoms with Crippen LogP contribution >= 0.6 is 15.9 Å². The van der Waals surface area contributed by atoms with E-state index in [9.17, 15) is 13.2 Å². The molecule has 0 fully saturated rings. The molecule has 1 unspecified atom stereocenters. The van der Waals surface area contributed by atoms with Gasteiger partial charge >= 0.3 is 0 Å². The van der Waals surface area contributed by atoms with E-state index in [0.717, 1.165) is 0 Å². The lowest BCUT2D eigenvalue weighted by atomic mass is 10.2. The van der Waals surface area contributed by atoms with E-state index < -0.39 is 16.9 Å². The first kappa shape index (κ1) is 9.83. The van der Waals surface area contributed by atoms with E-state index in [0.29, 0.717) is 5.56 Å². The van der Waals surface area contributed by atoms with Crippen LogP contribution in [0, 0.1) is 12.7 Å². The van der Waals surface area contributed by atoms with Crippen molar-refractivity contribution in [3.63, 3.8) is 0 Å². The van der Waals surface area contributed by atoms with Crippen molar-refractivity contribution in [1.82, 2.24) is 0 Å². The first-order chi connectivity index (χ1) is 5.52. The summed E-state index contributed by atoms with van der Waals surface area (Å²) in [7, 11) is 0. The lowest BCUT2D eigenvalue weighted by Crippen LogP contribution is -1.94. The van der Waals surface area contributed by atoms with Gasteiger partial charge in [-0.1, -0.05) is 0 Å². The van der Waals surface area contributed by atoms with E-state index >= 15 is 0 Å². The third-order valence-electron chi connectivity index (χ3n) is 1.40. The van der Waals surface area contributed by atoms with Crippen LogP contribution in [0.15, 0.2) is 21.5 Å². The van der Waals surface area contributed by atoms with Crippen LogP contribution in [0.2, 0.25) is 0 Å². The van der Waals surface area contributed by atoms with Gasteiger partial charge in [0, 0.05) is 4.90 Å². The molecule has 0 spiro atoms. The van der Waals surface area contributed by atoms with Crippen LogP contribution in [-0.4, -0.2) is 8.76 Å². The van der Waals surface area contributed by atoms with E-state index in [1.807, 2.05) is 0 Å². The predicted molar refractivity (Wildman–Crippen MR) is 46.0 cm³/mol. The highest BCUT2D eigenvalue weighted by molar-refractivity contribution is 9.10. The molecule has 0 bridgehead atoms. The molecular formula is C7H5BrFO2S-. The molecule has 0 aliphatic carbocycles. The SMILES string of the molecule is Cc1cc(F)c(Br)cc1S(=O)[O-]. The van der Waals surface area contributed by atoms with Crippen molar-refractivity contribution in [1.29, 1.82) is 0 Å². The number of aryl methyl sites for hydroxylation is 1. The molecule has 1 aromatic rings. The fourth-order valence-corrected chi connectivity index (χ4v) is 1.84. The highest BCUT2D eigenvalue weighted by atomic mass is 79.9. The maximum atomic E-state index is 12.8. The van der Waals surface area contributed by atoms with Crippen molar-refractivity contribution in [3.05, 3.63) is 28.0 Å². The van der Waals surface area contributed by atoms with Crippen molar-refractivity contribution in [2.75, 3.05) is 0 Å². The van der Waals surface area contributed by atoms with Gasteiger partial charge in [0.25, 0.3) is 0 Å². The Kier molecular flexibility index (Phi) is 2.98. The molecule has 66 valence electrons. The average molecular weight is 252 g/mol. The van der Waals surface area contributed by atoms with Crippen LogP contribution in [-0.2, 0) is 11.1 Å². The van der Waals surface area contributed by atoms with Crippen molar-refractivity contribution in [2.24, 2.45) is 0 Å². The molecule has 0 amide bonds. The normalized spacial score (nSPS) is 13.0. The van der Waals surface area contributed by atoms with Crippen LogP contribution in [0.1, 0.15) is 5.56 Å². The smallest absolute Gasteiger partial charge is 0.137 e. The van der Waals surface area contributed by atoms with Crippen molar-refractivity contribution in [2.45, 2.75) is 11.8 Å². The monoisotopic (exact) mass is 251 g/mol. The molecular weight excluding hydrogens is 247 g/mol. The Morgan fingerprint density at radius 3 is 2.67 bits per heavy atom. The molecule has 0 saturated carbocycles. The molecule has 0 aromatic heterocycles. The van der Waals surface area contributed by atoms with Crippen LogP contribution < -0.4 is 0 Å². The minimum Gasteiger partial charge on any atom is -0.768 e. The van der Waals surface area contributed by atoms with Crippen molar-refractivity contribution >= 4 is 27.0 Å². The van der Waals surface area contributed by atoms with Crippen LogP contribution in [0.25, 0.3) is 0 Å². The van der Waals surface area contributed by atoms with Gasteiger partial charge in [0.15, 0.2) is 0 Å². The Balaban J connectivity index is 3.33. The van der Waals surface area contributed by atoms with Gasteiger partial charge < -0.3 is 4.55 Å². The number of hydrogen-bond acceptors (Lipinski definition) is 2. The summed E-state index contributed by atoms with van der Waals surface area (Å²) in [5.41, 5.74) is 0.407. The van der Waals surface area contributed by atoms with Gasteiger partial charge in [-0.2, -0.15) is 0 Å². The summed E-state index contributed by atoms with van der Waals surface area (Å²) < 4.78 is 34.0. The summed E-state index contributed by atoms with van der Waals surface area (Å²) in [4.78, 5) is 0.114. The second kappa shape index (κ2) is 3.64. The lowest BCUT2D eigenvalue weighted by molar-refractivity contribution is 0.536. The second-order valence-corrected chi connectivity index (χ2v) is 4.03. The van der Waals surface area contributed by atoms with E-state index in [1.165, 1.54) is 12.1 Å².